The first kappa shape index (κ1) is 12.9. The highest BCUT2D eigenvalue weighted by molar-refractivity contribution is 5.88. The van der Waals surface area contributed by atoms with Gasteiger partial charge in [0, 0.05) is 0 Å². The average molecular weight is 259 g/mol. The van der Waals surface area contributed by atoms with Gasteiger partial charge in [-0.1, -0.05) is 12.1 Å². The Morgan fingerprint density at radius 3 is 3.00 bits per heavy atom. The highest BCUT2D eigenvalue weighted by Gasteiger charge is 2.23. The Labute approximate surface area is 110 Å². The third kappa shape index (κ3) is 3.22. The van der Waals surface area contributed by atoms with Gasteiger partial charge in [-0.15, -0.1) is 0 Å². The molecular weight excluding hydrogens is 246 g/mol. The standard InChI is InChI=1S/C13H13N3O3/c1-9(15-16-13(17)6-7-14)12-8-18-10-4-2-3-5-11(10)19-12/h2-5,12H,6,8H2,1H3,(H,16,17)/b15-9-/t12-/m0/s1. The van der Waals surface area contributed by atoms with Crippen LogP contribution in [0.1, 0.15) is 13.3 Å². The van der Waals surface area contributed by atoms with Crippen LogP contribution in [0.15, 0.2) is 29.4 Å². The highest BCUT2D eigenvalue weighted by Crippen LogP contribution is 2.31. The SMILES string of the molecule is C/C(=N/NC(=O)CC#N)[C@@H]1COc2ccccc2O1. The minimum absolute atomic E-state index is 0.221. The molecule has 0 aromatic heterocycles. The third-order valence-electron chi connectivity index (χ3n) is 2.57. The number of rotatable bonds is 3. The molecule has 1 aromatic rings. The summed E-state index contributed by atoms with van der Waals surface area (Å²) < 4.78 is 11.3. The smallest absolute Gasteiger partial charge is 0.254 e. The van der Waals surface area contributed by atoms with Crippen LogP contribution in [0.3, 0.4) is 0 Å². The van der Waals surface area contributed by atoms with Crippen molar-refractivity contribution in [3.63, 3.8) is 0 Å². The van der Waals surface area contributed by atoms with Crippen molar-refractivity contribution in [2.24, 2.45) is 5.10 Å². The second-order valence-corrected chi connectivity index (χ2v) is 3.99. The van der Waals surface area contributed by atoms with Crippen molar-refractivity contribution >= 4 is 11.6 Å². The summed E-state index contributed by atoms with van der Waals surface area (Å²) >= 11 is 0. The quantitative estimate of drug-likeness (QED) is 0.653. The maximum absolute atomic E-state index is 11.1. The molecule has 2 rings (SSSR count). The van der Waals surface area contributed by atoms with E-state index in [1.807, 2.05) is 24.3 Å². The molecule has 1 aliphatic rings. The zero-order chi connectivity index (χ0) is 13.7. The Kier molecular flexibility index (Phi) is 3.98. The van der Waals surface area contributed by atoms with E-state index in [0.717, 1.165) is 0 Å². The number of nitrogens with zero attached hydrogens (tertiary/aromatic N) is 2. The van der Waals surface area contributed by atoms with Crippen LogP contribution in [0.5, 0.6) is 11.5 Å². The van der Waals surface area contributed by atoms with E-state index in [-0.39, 0.29) is 12.5 Å². The Morgan fingerprint density at radius 1 is 1.53 bits per heavy atom. The van der Waals surface area contributed by atoms with Gasteiger partial charge in [0.2, 0.25) is 0 Å². The number of hydrogen-bond acceptors (Lipinski definition) is 5. The van der Waals surface area contributed by atoms with Crippen LogP contribution in [0, 0.1) is 11.3 Å². The number of carbonyl (C=O) groups excluding carboxylic acids is 1. The fraction of sp³-hybridized carbons (Fsp3) is 0.308. The summed E-state index contributed by atoms with van der Waals surface area (Å²) in [6.45, 7) is 2.06. The van der Waals surface area contributed by atoms with Crippen LogP contribution in [0.25, 0.3) is 0 Å². The molecule has 1 atom stereocenters. The molecule has 0 saturated carbocycles. The van der Waals surface area contributed by atoms with E-state index in [2.05, 4.69) is 10.5 Å². The van der Waals surface area contributed by atoms with Gasteiger partial charge in [0.1, 0.15) is 13.0 Å². The number of carbonyl (C=O) groups is 1. The lowest BCUT2D eigenvalue weighted by atomic mass is 10.2. The Balaban J connectivity index is 1.99. The molecule has 1 amide bonds. The predicted octanol–water partition coefficient (Wildman–Crippen LogP) is 1.23. The summed E-state index contributed by atoms with van der Waals surface area (Å²) in [6.07, 6.45) is -0.570. The minimum Gasteiger partial charge on any atom is -0.485 e. The van der Waals surface area contributed by atoms with Crippen molar-refractivity contribution in [3.8, 4) is 17.6 Å². The van der Waals surface area contributed by atoms with Gasteiger partial charge >= 0.3 is 0 Å². The van der Waals surface area contributed by atoms with E-state index in [1.165, 1.54) is 0 Å². The zero-order valence-corrected chi connectivity index (χ0v) is 10.4. The van der Waals surface area contributed by atoms with Gasteiger partial charge in [-0.3, -0.25) is 4.79 Å². The maximum Gasteiger partial charge on any atom is 0.254 e. The molecule has 0 spiro atoms. The van der Waals surface area contributed by atoms with Crippen molar-refractivity contribution in [1.82, 2.24) is 5.43 Å². The average Bonchev–Trinajstić information content (AvgIpc) is 2.44. The van der Waals surface area contributed by atoms with E-state index >= 15 is 0 Å². The lowest BCUT2D eigenvalue weighted by molar-refractivity contribution is -0.120. The number of hydrazone groups is 1. The van der Waals surface area contributed by atoms with E-state index in [1.54, 1.807) is 13.0 Å². The minimum atomic E-state index is -0.445. The Bertz CT molecular complexity index is 548. The molecule has 0 aliphatic carbocycles. The summed E-state index contributed by atoms with van der Waals surface area (Å²) in [5.41, 5.74) is 2.88. The van der Waals surface area contributed by atoms with E-state index in [4.69, 9.17) is 14.7 Å². The first-order valence-corrected chi connectivity index (χ1v) is 5.79. The normalized spacial score (nSPS) is 17.5. The van der Waals surface area contributed by atoms with Crippen molar-refractivity contribution in [3.05, 3.63) is 24.3 Å². The molecule has 0 saturated heterocycles. The predicted molar refractivity (Wildman–Crippen MR) is 67.8 cm³/mol. The topological polar surface area (TPSA) is 83.7 Å². The van der Waals surface area contributed by atoms with Crippen LogP contribution >= 0.6 is 0 Å². The van der Waals surface area contributed by atoms with E-state index < -0.39 is 5.91 Å². The number of ether oxygens (including phenoxy) is 2. The molecule has 19 heavy (non-hydrogen) atoms. The van der Waals surface area contributed by atoms with Crippen molar-refractivity contribution < 1.29 is 14.3 Å². The Hall–Kier alpha value is -2.55. The lowest BCUT2D eigenvalue weighted by Crippen LogP contribution is -2.36. The number of para-hydroxylation sites is 2. The largest absolute Gasteiger partial charge is 0.485 e. The fourth-order valence-corrected chi connectivity index (χ4v) is 1.56. The number of amides is 1. The molecule has 6 nitrogen and oxygen atoms in total. The van der Waals surface area contributed by atoms with Gasteiger partial charge < -0.3 is 9.47 Å². The molecule has 0 bridgehead atoms. The molecule has 6 heteroatoms. The monoisotopic (exact) mass is 259 g/mol. The molecule has 0 radical (unpaired) electrons. The van der Waals surface area contributed by atoms with E-state index in [9.17, 15) is 4.79 Å². The maximum atomic E-state index is 11.1. The summed E-state index contributed by atoms with van der Waals surface area (Å²) in [5, 5.41) is 12.3. The number of nitrogens with one attached hydrogen (secondary N) is 1. The van der Waals surface area contributed by atoms with Crippen molar-refractivity contribution in [1.29, 1.82) is 5.26 Å². The molecule has 0 fully saturated rings. The molecule has 98 valence electrons. The van der Waals surface area contributed by atoms with Gasteiger partial charge in [0.05, 0.1) is 11.8 Å². The number of fused-ring (bicyclic) bond motifs is 1. The zero-order valence-electron chi connectivity index (χ0n) is 10.4. The summed E-state index contributed by atoms with van der Waals surface area (Å²) in [4.78, 5) is 11.1. The summed E-state index contributed by atoms with van der Waals surface area (Å²) in [5.74, 6) is 0.899. The molecule has 1 N–H and O–H groups in total. The number of nitriles is 1. The second kappa shape index (κ2) is 5.87. The summed E-state index contributed by atoms with van der Waals surface area (Å²) in [6, 6.07) is 9.10. The van der Waals surface area contributed by atoms with Crippen LogP contribution in [0.4, 0.5) is 0 Å². The lowest BCUT2D eigenvalue weighted by Gasteiger charge is -2.26. The van der Waals surface area contributed by atoms with Crippen LogP contribution < -0.4 is 14.9 Å². The van der Waals surface area contributed by atoms with Gasteiger partial charge in [-0.05, 0) is 19.1 Å². The van der Waals surface area contributed by atoms with Gasteiger partial charge in [0.25, 0.3) is 5.91 Å². The van der Waals surface area contributed by atoms with Gasteiger partial charge in [0.15, 0.2) is 17.6 Å². The second-order valence-electron chi connectivity index (χ2n) is 3.99. The van der Waals surface area contributed by atoms with Crippen LogP contribution in [-0.4, -0.2) is 24.3 Å². The first-order chi connectivity index (χ1) is 9.20. The number of benzene rings is 1. The molecular formula is C13H13N3O3. The summed E-state index contributed by atoms with van der Waals surface area (Å²) in [7, 11) is 0. The molecule has 1 aliphatic heterocycles. The molecule has 1 aromatic carbocycles. The van der Waals surface area contributed by atoms with Crippen molar-refractivity contribution in [2.75, 3.05) is 6.61 Å². The fourth-order valence-electron chi connectivity index (χ4n) is 1.56. The van der Waals surface area contributed by atoms with Gasteiger partial charge in [-0.25, -0.2) is 5.43 Å². The first-order valence-electron chi connectivity index (χ1n) is 5.79. The Morgan fingerprint density at radius 2 is 2.26 bits per heavy atom. The van der Waals surface area contributed by atoms with Crippen molar-refractivity contribution in [2.45, 2.75) is 19.4 Å². The van der Waals surface area contributed by atoms with Gasteiger partial charge in [-0.2, -0.15) is 10.4 Å². The molecule has 0 unspecified atom stereocenters. The number of hydrogen-bond donors (Lipinski definition) is 1. The highest BCUT2D eigenvalue weighted by atomic mass is 16.6. The van der Waals surface area contributed by atoms with Crippen LogP contribution in [0.2, 0.25) is 0 Å². The molecule has 1 heterocycles. The van der Waals surface area contributed by atoms with E-state index in [0.29, 0.717) is 23.8 Å². The van der Waals surface area contributed by atoms with Crippen LogP contribution in [-0.2, 0) is 4.79 Å². The third-order valence-corrected chi connectivity index (χ3v) is 2.57.